The van der Waals surface area contributed by atoms with E-state index in [1.165, 1.54) is 13.2 Å². The van der Waals surface area contributed by atoms with E-state index in [1.807, 2.05) is 0 Å². The Morgan fingerprint density at radius 2 is 1.57 bits per heavy atom. The monoisotopic (exact) mass is 410 g/mol. The van der Waals surface area contributed by atoms with Crippen molar-refractivity contribution >= 4 is 26.9 Å². The minimum atomic E-state index is -2.16. The minimum Gasteiger partial charge on any atom is -0.543 e. The molecule has 158 valence electrons. The van der Waals surface area contributed by atoms with Gasteiger partial charge in [0.05, 0.1) is 23.9 Å². The van der Waals surface area contributed by atoms with Crippen LogP contribution in [0, 0.1) is 0 Å². The van der Waals surface area contributed by atoms with Crippen molar-refractivity contribution in [1.82, 2.24) is 0 Å². The van der Waals surface area contributed by atoms with Crippen LogP contribution in [0.3, 0.4) is 0 Å². The molecule has 0 bridgehead atoms. The van der Waals surface area contributed by atoms with Gasteiger partial charge in [-0.3, -0.25) is 0 Å². The Bertz CT molecular complexity index is 704. The van der Waals surface area contributed by atoms with Gasteiger partial charge in [0.2, 0.25) is 8.32 Å². The van der Waals surface area contributed by atoms with Gasteiger partial charge in [0.1, 0.15) is 5.75 Å². The fraction of sp³-hybridized carbons (Fsp3) is 0.650. The van der Waals surface area contributed by atoms with Crippen molar-refractivity contribution in [3.8, 4) is 5.75 Å². The highest BCUT2D eigenvalue weighted by Crippen LogP contribution is 2.37. The van der Waals surface area contributed by atoms with Crippen LogP contribution in [0.25, 0.3) is 0 Å². The normalized spacial score (nSPS) is 13.3. The predicted molar refractivity (Wildman–Crippen MR) is 115 cm³/mol. The van der Waals surface area contributed by atoms with Crippen LogP contribution in [0.2, 0.25) is 18.1 Å². The standard InChI is InChI=1S/C20H35BO6Si/c1-18(2,3)28(9,10)26-16-12-14(17(22)25-8)11-15(13-16)21(24)27-20(6,7)19(4,5)23/h11-13,23-24H,1-10H3. The molecule has 0 unspecified atom stereocenters. The first-order valence-corrected chi connectivity index (χ1v) is 12.3. The molecule has 0 saturated heterocycles. The molecule has 0 aromatic heterocycles. The van der Waals surface area contributed by atoms with E-state index in [9.17, 15) is 14.9 Å². The van der Waals surface area contributed by atoms with E-state index >= 15 is 0 Å². The second kappa shape index (κ2) is 8.18. The second-order valence-corrected chi connectivity index (χ2v) is 14.4. The molecule has 0 spiro atoms. The fourth-order valence-electron chi connectivity index (χ4n) is 2.00. The van der Waals surface area contributed by atoms with Crippen molar-refractivity contribution in [3.05, 3.63) is 23.8 Å². The highest BCUT2D eigenvalue weighted by atomic mass is 28.4. The molecule has 0 atom stereocenters. The van der Waals surface area contributed by atoms with Crippen molar-refractivity contribution in [3.63, 3.8) is 0 Å². The summed E-state index contributed by atoms with van der Waals surface area (Å²) >= 11 is 0. The van der Waals surface area contributed by atoms with E-state index in [-0.39, 0.29) is 10.6 Å². The van der Waals surface area contributed by atoms with Crippen LogP contribution in [0.15, 0.2) is 18.2 Å². The van der Waals surface area contributed by atoms with Gasteiger partial charge in [-0.05, 0) is 69.5 Å². The van der Waals surface area contributed by atoms with Crippen LogP contribution >= 0.6 is 0 Å². The number of carbonyl (C=O) groups is 1. The highest BCUT2D eigenvalue weighted by Gasteiger charge is 2.41. The number of hydrogen-bond donors (Lipinski definition) is 2. The Morgan fingerprint density at radius 3 is 2.00 bits per heavy atom. The lowest BCUT2D eigenvalue weighted by Crippen LogP contribution is -2.53. The molecule has 28 heavy (non-hydrogen) atoms. The van der Waals surface area contributed by atoms with Crippen LogP contribution in [0.1, 0.15) is 58.8 Å². The highest BCUT2D eigenvalue weighted by molar-refractivity contribution is 6.74. The third kappa shape index (κ3) is 5.83. The van der Waals surface area contributed by atoms with E-state index in [2.05, 4.69) is 33.9 Å². The Labute approximate surface area is 170 Å². The van der Waals surface area contributed by atoms with Crippen molar-refractivity contribution in [2.75, 3.05) is 7.11 Å². The van der Waals surface area contributed by atoms with Gasteiger partial charge < -0.3 is 23.9 Å². The lowest BCUT2D eigenvalue weighted by Gasteiger charge is -2.38. The lowest BCUT2D eigenvalue weighted by molar-refractivity contribution is -0.0982. The van der Waals surface area contributed by atoms with Crippen molar-refractivity contribution in [2.45, 2.75) is 77.8 Å². The number of ether oxygens (including phenoxy) is 1. The maximum absolute atomic E-state index is 12.1. The number of esters is 1. The molecule has 0 amide bonds. The topological polar surface area (TPSA) is 85.2 Å². The summed E-state index contributed by atoms with van der Waals surface area (Å²) in [5.41, 5.74) is -1.60. The molecule has 1 aromatic rings. The average molecular weight is 410 g/mol. The predicted octanol–water partition coefficient (Wildman–Crippen LogP) is 3.11. The van der Waals surface area contributed by atoms with Crippen molar-refractivity contribution in [2.24, 2.45) is 0 Å². The maximum atomic E-state index is 12.1. The van der Waals surface area contributed by atoms with Gasteiger partial charge in [0.15, 0.2) is 0 Å². The average Bonchev–Trinajstić information content (AvgIpc) is 2.50. The second-order valence-electron chi connectivity index (χ2n) is 9.68. The zero-order valence-corrected chi connectivity index (χ0v) is 19.8. The number of carbonyl (C=O) groups excluding carboxylic acids is 1. The zero-order valence-electron chi connectivity index (χ0n) is 18.8. The quantitative estimate of drug-likeness (QED) is 0.531. The maximum Gasteiger partial charge on any atom is 0.491 e. The largest absolute Gasteiger partial charge is 0.543 e. The summed E-state index contributed by atoms with van der Waals surface area (Å²) in [6, 6.07) is 4.79. The molecule has 6 nitrogen and oxygen atoms in total. The minimum absolute atomic E-state index is 0.0353. The van der Waals surface area contributed by atoms with Crippen LogP contribution in [0.5, 0.6) is 5.75 Å². The molecule has 0 aliphatic rings. The van der Waals surface area contributed by atoms with E-state index in [4.69, 9.17) is 13.8 Å². The molecular formula is C20H35BO6Si. The third-order valence-electron chi connectivity index (χ3n) is 5.69. The number of benzene rings is 1. The summed E-state index contributed by atoms with van der Waals surface area (Å²) in [4.78, 5) is 12.1. The molecule has 0 heterocycles. The van der Waals surface area contributed by atoms with E-state index in [0.29, 0.717) is 11.2 Å². The smallest absolute Gasteiger partial charge is 0.491 e. The van der Waals surface area contributed by atoms with Gasteiger partial charge in [-0.1, -0.05) is 20.8 Å². The molecule has 0 aliphatic carbocycles. The summed E-state index contributed by atoms with van der Waals surface area (Å²) in [6.45, 7) is 17.1. The first-order valence-electron chi connectivity index (χ1n) is 9.42. The van der Waals surface area contributed by atoms with Gasteiger partial charge >= 0.3 is 13.1 Å². The summed E-state index contributed by atoms with van der Waals surface area (Å²) in [5, 5.41) is 20.9. The van der Waals surface area contributed by atoms with Gasteiger partial charge in [0, 0.05) is 0 Å². The molecular weight excluding hydrogens is 375 g/mol. The summed E-state index contributed by atoms with van der Waals surface area (Å²) in [6.07, 6.45) is 0. The third-order valence-corrected chi connectivity index (χ3v) is 10.1. The van der Waals surface area contributed by atoms with Gasteiger partial charge in [-0.2, -0.15) is 0 Å². The van der Waals surface area contributed by atoms with Crippen LogP contribution in [-0.4, -0.2) is 49.8 Å². The van der Waals surface area contributed by atoms with Gasteiger partial charge in [-0.15, -0.1) is 0 Å². The Hall–Kier alpha value is -1.35. The van der Waals surface area contributed by atoms with E-state index in [1.54, 1.807) is 39.8 Å². The first kappa shape index (κ1) is 24.7. The molecule has 0 aliphatic heterocycles. The molecule has 0 fully saturated rings. The number of hydrogen-bond acceptors (Lipinski definition) is 6. The number of rotatable bonds is 7. The Kier molecular flexibility index (Phi) is 7.21. The SMILES string of the molecule is COC(=O)c1cc(O[Si](C)(C)C(C)(C)C)cc(B(O)OC(C)(C)C(C)(C)O)c1. The van der Waals surface area contributed by atoms with Crippen LogP contribution in [-0.2, 0) is 9.39 Å². The molecule has 2 N–H and O–H groups in total. The first-order chi connectivity index (χ1) is 12.4. The molecule has 1 rings (SSSR count). The van der Waals surface area contributed by atoms with Gasteiger partial charge in [-0.25, -0.2) is 4.79 Å². The van der Waals surface area contributed by atoms with E-state index < -0.39 is 32.6 Å². The molecule has 1 aromatic carbocycles. The fourth-order valence-corrected chi connectivity index (χ4v) is 3.01. The Balaban J connectivity index is 3.34. The Morgan fingerprint density at radius 1 is 1.04 bits per heavy atom. The molecule has 0 saturated carbocycles. The van der Waals surface area contributed by atoms with Crippen molar-refractivity contribution in [1.29, 1.82) is 0 Å². The van der Waals surface area contributed by atoms with Crippen LogP contribution in [0.4, 0.5) is 0 Å². The van der Waals surface area contributed by atoms with E-state index in [0.717, 1.165) is 0 Å². The molecule has 0 radical (unpaired) electrons. The van der Waals surface area contributed by atoms with Crippen LogP contribution < -0.4 is 9.89 Å². The van der Waals surface area contributed by atoms with Gasteiger partial charge in [0.25, 0.3) is 0 Å². The summed E-state index contributed by atoms with van der Waals surface area (Å²) in [7, 11) is -2.22. The summed E-state index contributed by atoms with van der Waals surface area (Å²) < 4.78 is 16.9. The summed E-state index contributed by atoms with van der Waals surface area (Å²) in [5.74, 6) is -0.0518. The lowest BCUT2D eigenvalue weighted by atomic mass is 9.76. The zero-order chi connectivity index (χ0) is 22.1. The van der Waals surface area contributed by atoms with Crippen molar-refractivity contribution < 1.29 is 28.7 Å². The number of aliphatic hydroxyl groups is 1. The number of methoxy groups -OCH3 is 1. The molecule has 8 heteroatoms.